The first-order chi connectivity index (χ1) is 16.0. The van der Waals surface area contributed by atoms with Crippen LogP contribution in [0.5, 0.6) is 0 Å². The zero-order valence-electron chi connectivity index (χ0n) is 17.9. The summed E-state index contributed by atoms with van der Waals surface area (Å²) in [6, 6.07) is 6.31. The molecule has 3 aromatic rings. The molecule has 3 aromatic heterocycles. The first-order valence-corrected chi connectivity index (χ1v) is 11.3. The Kier molecular flexibility index (Phi) is 6.82. The minimum Gasteiger partial charge on any atom is -0.466 e. The minimum absolute atomic E-state index is 0.0225. The molecule has 1 saturated carbocycles. The van der Waals surface area contributed by atoms with Crippen LogP contribution in [0.3, 0.4) is 0 Å². The zero-order valence-corrected chi connectivity index (χ0v) is 18.7. The van der Waals surface area contributed by atoms with E-state index < -0.39 is 5.97 Å². The molecule has 33 heavy (non-hydrogen) atoms. The fourth-order valence-electron chi connectivity index (χ4n) is 3.63. The molecule has 0 bridgehead atoms. The molecule has 1 aliphatic rings. The number of hydrogen-bond acceptors (Lipinski definition) is 10. The third kappa shape index (κ3) is 4.95. The molecule has 172 valence electrons. The van der Waals surface area contributed by atoms with Gasteiger partial charge in [0.05, 0.1) is 18.7 Å². The average molecular weight is 472 g/mol. The third-order valence-electron chi connectivity index (χ3n) is 5.45. The summed E-state index contributed by atoms with van der Waals surface area (Å²) >= 11 is 1.09. The number of anilines is 3. The summed E-state index contributed by atoms with van der Waals surface area (Å²) in [6.07, 6.45) is 4.82. The number of carbonyl (C=O) groups excluding carboxylic acids is 2. The molecular formula is C21H22FN7O3S. The van der Waals surface area contributed by atoms with Crippen LogP contribution in [-0.2, 0) is 26.2 Å². The maximum absolute atomic E-state index is 14.3. The number of esters is 1. The van der Waals surface area contributed by atoms with Crippen molar-refractivity contribution in [3.8, 4) is 0 Å². The van der Waals surface area contributed by atoms with E-state index >= 15 is 0 Å². The number of halogens is 1. The average Bonchev–Trinajstić information content (AvgIpc) is 3.23. The minimum atomic E-state index is -0.414. The van der Waals surface area contributed by atoms with Gasteiger partial charge >= 0.3 is 5.97 Å². The van der Waals surface area contributed by atoms with Crippen molar-refractivity contribution in [1.29, 1.82) is 0 Å². The Labute approximate surface area is 193 Å². The fourth-order valence-corrected chi connectivity index (χ4v) is 4.43. The number of nitrogens with zero attached hydrogens (tertiary/aromatic N) is 6. The van der Waals surface area contributed by atoms with Gasteiger partial charge in [0.2, 0.25) is 11.5 Å². The Balaban J connectivity index is 1.42. The van der Waals surface area contributed by atoms with E-state index in [4.69, 9.17) is 4.74 Å². The lowest BCUT2D eigenvalue weighted by molar-refractivity contribution is -0.142. The summed E-state index contributed by atoms with van der Waals surface area (Å²) in [6.45, 7) is 2.47. The Hall–Kier alpha value is -3.54. The lowest BCUT2D eigenvalue weighted by atomic mass is 9.66. The smallest absolute Gasteiger partial charge is 0.312 e. The number of pyridine rings is 1. The van der Waals surface area contributed by atoms with Crippen molar-refractivity contribution in [3.05, 3.63) is 47.0 Å². The van der Waals surface area contributed by atoms with Gasteiger partial charge in [0.1, 0.15) is 16.6 Å². The molecule has 4 rings (SSSR count). The number of ether oxygens (including phenoxy) is 1. The number of nitrogens with one attached hydrogen (secondary N) is 1. The molecule has 1 fully saturated rings. The van der Waals surface area contributed by atoms with Gasteiger partial charge in [0.25, 0.3) is 0 Å². The van der Waals surface area contributed by atoms with E-state index in [1.165, 1.54) is 11.0 Å². The van der Waals surface area contributed by atoms with Crippen LogP contribution in [0, 0.1) is 5.82 Å². The molecule has 12 heteroatoms. The van der Waals surface area contributed by atoms with Crippen molar-refractivity contribution < 1.29 is 18.7 Å². The molecule has 0 unspecified atom stereocenters. The normalized spacial score (nSPS) is 14.2. The summed E-state index contributed by atoms with van der Waals surface area (Å²) in [4.78, 5) is 28.7. The molecular weight excluding hydrogens is 449 g/mol. The molecule has 0 atom stereocenters. The van der Waals surface area contributed by atoms with Gasteiger partial charge in [-0.25, -0.2) is 9.29 Å². The highest BCUT2D eigenvalue weighted by atomic mass is 32.1. The highest BCUT2D eigenvalue weighted by Crippen LogP contribution is 2.43. The lowest BCUT2D eigenvalue weighted by Gasteiger charge is -2.41. The van der Waals surface area contributed by atoms with Crippen molar-refractivity contribution in [1.82, 2.24) is 25.4 Å². The monoisotopic (exact) mass is 471 g/mol. The molecule has 1 N–H and O–H groups in total. The highest BCUT2D eigenvalue weighted by molar-refractivity contribution is 7.15. The number of amides is 1. The lowest BCUT2D eigenvalue weighted by Crippen LogP contribution is -2.42. The second kappa shape index (κ2) is 9.94. The van der Waals surface area contributed by atoms with Gasteiger partial charge in [-0.2, -0.15) is 0 Å². The van der Waals surface area contributed by atoms with Gasteiger partial charge in [0.15, 0.2) is 5.82 Å². The molecule has 1 aliphatic carbocycles. The van der Waals surface area contributed by atoms with E-state index in [9.17, 15) is 14.0 Å². The van der Waals surface area contributed by atoms with E-state index in [-0.39, 0.29) is 35.2 Å². The second-order valence-corrected chi connectivity index (χ2v) is 8.57. The van der Waals surface area contributed by atoms with Gasteiger partial charge in [0, 0.05) is 18.2 Å². The first-order valence-electron chi connectivity index (χ1n) is 10.5. The summed E-state index contributed by atoms with van der Waals surface area (Å²) in [5, 5.41) is 20.0. The van der Waals surface area contributed by atoms with Crippen LogP contribution in [0.4, 0.5) is 21.2 Å². The van der Waals surface area contributed by atoms with Gasteiger partial charge in [-0.3, -0.25) is 14.6 Å². The molecule has 0 saturated heterocycles. The van der Waals surface area contributed by atoms with E-state index in [1.807, 2.05) is 0 Å². The zero-order chi connectivity index (χ0) is 23.3. The highest BCUT2D eigenvalue weighted by Gasteiger charge is 2.41. The molecule has 0 spiro atoms. The van der Waals surface area contributed by atoms with Crippen LogP contribution in [0.2, 0.25) is 0 Å². The van der Waals surface area contributed by atoms with E-state index in [0.717, 1.165) is 30.6 Å². The van der Waals surface area contributed by atoms with Crippen molar-refractivity contribution in [3.63, 3.8) is 0 Å². The van der Waals surface area contributed by atoms with E-state index in [2.05, 4.69) is 30.7 Å². The molecule has 10 nitrogen and oxygen atoms in total. The van der Waals surface area contributed by atoms with Crippen LogP contribution in [0.15, 0.2) is 30.5 Å². The van der Waals surface area contributed by atoms with E-state index in [0.29, 0.717) is 29.5 Å². The maximum atomic E-state index is 14.3. The molecule has 0 aliphatic heterocycles. The van der Waals surface area contributed by atoms with Crippen LogP contribution < -0.4 is 10.2 Å². The standard InChI is InChI=1S/C21H22FN7O3S/c1-2-32-18(31)11-17-27-28-20(33-17)29(13-30)16-7-6-15(25-26-16)24-12-21(8-4-9-21)19-14(22)5-3-10-23-19/h3,5-7,10,13H,2,4,8-9,11-12H2,1H3,(H,24,25). The number of carbonyl (C=O) groups is 2. The van der Waals surface area contributed by atoms with Crippen LogP contribution in [-0.4, -0.2) is 50.9 Å². The predicted octanol–water partition coefficient (Wildman–Crippen LogP) is 2.80. The van der Waals surface area contributed by atoms with Gasteiger partial charge in [-0.05, 0) is 44.0 Å². The summed E-state index contributed by atoms with van der Waals surface area (Å²) in [5.74, 6) is 0.0281. The Morgan fingerprint density at radius 3 is 2.76 bits per heavy atom. The predicted molar refractivity (Wildman–Crippen MR) is 119 cm³/mol. The van der Waals surface area contributed by atoms with Gasteiger partial charge in [-0.1, -0.05) is 17.8 Å². The van der Waals surface area contributed by atoms with E-state index in [1.54, 1.807) is 31.3 Å². The number of rotatable bonds is 10. The quantitative estimate of drug-likeness (QED) is 0.351. The fraction of sp³-hybridized carbons (Fsp3) is 0.381. The summed E-state index contributed by atoms with van der Waals surface area (Å²) in [5.41, 5.74) is 0.0953. The molecule has 1 amide bonds. The van der Waals surface area contributed by atoms with Crippen molar-refractivity contribution in [2.24, 2.45) is 0 Å². The van der Waals surface area contributed by atoms with Crippen LogP contribution in [0.25, 0.3) is 0 Å². The second-order valence-electron chi connectivity index (χ2n) is 7.53. The SMILES string of the molecule is CCOC(=O)Cc1nnc(N(C=O)c2ccc(NCC3(c4ncccc4F)CCC3)nn2)s1. The molecule has 0 radical (unpaired) electrons. The Bertz CT molecular complexity index is 1120. The van der Waals surface area contributed by atoms with Crippen LogP contribution in [0.1, 0.15) is 36.9 Å². The first kappa shape index (κ1) is 22.6. The van der Waals surface area contributed by atoms with Gasteiger partial charge < -0.3 is 10.1 Å². The number of aromatic nitrogens is 5. The topological polar surface area (TPSA) is 123 Å². The van der Waals surface area contributed by atoms with Crippen molar-refractivity contribution in [2.45, 2.75) is 38.0 Å². The maximum Gasteiger partial charge on any atom is 0.312 e. The summed E-state index contributed by atoms with van der Waals surface area (Å²) < 4.78 is 19.2. The molecule has 3 heterocycles. The van der Waals surface area contributed by atoms with Gasteiger partial charge in [-0.15, -0.1) is 20.4 Å². The Morgan fingerprint density at radius 1 is 1.27 bits per heavy atom. The number of hydrogen-bond donors (Lipinski definition) is 1. The molecule has 0 aromatic carbocycles. The largest absolute Gasteiger partial charge is 0.466 e. The summed E-state index contributed by atoms with van der Waals surface area (Å²) in [7, 11) is 0. The van der Waals surface area contributed by atoms with Crippen molar-refractivity contribution >= 4 is 40.5 Å². The van der Waals surface area contributed by atoms with Crippen LogP contribution >= 0.6 is 11.3 Å². The Morgan fingerprint density at radius 2 is 2.12 bits per heavy atom. The van der Waals surface area contributed by atoms with Crippen molar-refractivity contribution in [2.75, 3.05) is 23.4 Å². The third-order valence-corrected chi connectivity index (χ3v) is 6.37.